The molecule has 1 saturated carbocycles. The summed E-state index contributed by atoms with van der Waals surface area (Å²) >= 11 is 13.4. The van der Waals surface area contributed by atoms with E-state index in [0.717, 1.165) is 55.7 Å². The first-order valence-electron chi connectivity index (χ1n) is 13.6. The normalized spacial score (nSPS) is 17.1. The summed E-state index contributed by atoms with van der Waals surface area (Å²) < 4.78 is 0. The molecule has 1 fully saturated rings. The van der Waals surface area contributed by atoms with Crippen LogP contribution < -0.4 is 4.90 Å². The molecule has 1 aromatic carbocycles. The summed E-state index contributed by atoms with van der Waals surface area (Å²) in [5, 5.41) is 2.57. The van der Waals surface area contributed by atoms with E-state index in [1.165, 1.54) is 56.2 Å². The Morgan fingerprint density at radius 3 is 1.83 bits per heavy atom. The highest BCUT2D eigenvalue weighted by molar-refractivity contribution is 7.13. The second kappa shape index (κ2) is 15.8. The highest BCUT2D eigenvalue weighted by Gasteiger charge is 2.19. The van der Waals surface area contributed by atoms with Crippen molar-refractivity contribution >= 4 is 51.3 Å². The fourth-order valence-electron chi connectivity index (χ4n) is 4.92. The molecule has 0 amide bonds. The molecule has 0 unspecified atom stereocenters. The topological polar surface area (TPSA) is 29.0 Å². The fourth-order valence-corrected chi connectivity index (χ4v) is 6.55. The summed E-state index contributed by atoms with van der Waals surface area (Å²) in [4.78, 5) is 13.1. The van der Waals surface area contributed by atoms with Crippen molar-refractivity contribution < 1.29 is 0 Å². The molecule has 0 saturated heterocycles. The lowest BCUT2D eigenvalue weighted by Crippen LogP contribution is -2.14. The van der Waals surface area contributed by atoms with Crippen molar-refractivity contribution in [1.82, 2.24) is 9.97 Å². The molecule has 36 heavy (non-hydrogen) atoms. The molecule has 2 aromatic heterocycles. The number of fused-ring (bicyclic) bond motifs is 1. The Balaban J connectivity index is 0.000000193. The van der Waals surface area contributed by atoms with E-state index in [2.05, 4.69) is 30.7 Å². The molecular weight excluding hydrogens is 505 g/mol. The lowest BCUT2D eigenvalue weighted by Gasteiger charge is -2.27. The van der Waals surface area contributed by atoms with Crippen LogP contribution in [0.3, 0.4) is 0 Å². The molecule has 0 spiro atoms. The maximum atomic E-state index is 5.89. The van der Waals surface area contributed by atoms with Crippen molar-refractivity contribution in [2.75, 3.05) is 19.0 Å². The van der Waals surface area contributed by atoms with E-state index in [1.807, 2.05) is 57.1 Å². The van der Waals surface area contributed by atoms with Crippen LogP contribution >= 0.6 is 34.5 Å². The summed E-state index contributed by atoms with van der Waals surface area (Å²) in [5.41, 5.74) is 1.00. The third kappa shape index (κ3) is 9.19. The molecule has 0 N–H and O–H groups in total. The van der Waals surface area contributed by atoms with Gasteiger partial charge >= 0.3 is 0 Å². The van der Waals surface area contributed by atoms with E-state index in [-0.39, 0.29) is 0 Å². The van der Waals surface area contributed by atoms with Gasteiger partial charge in [-0.05, 0) is 44.2 Å². The minimum absolute atomic E-state index is 0.725. The Morgan fingerprint density at radius 2 is 1.42 bits per heavy atom. The largest absolute Gasteiger partial charge is 0.362 e. The van der Waals surface area contributed by atoms with Gasteiger partial charge in [0, 0.05) is 29.2 Å². The highest BCUT2D eigenvalue weighted by atomic mass is 35.5. The van der Waals surface area contributed by atoms with Crippen LogP contribution in [0.2, 0.25) is 10.0 Å². The number of benzene rings is 1. The van der Waals surface area contributed by atoms with E-state index in [4.69, 9.17) is 23.2 Å². The first kappa shape index (κ1) is 30.9. The SMILES string of the molecule is CCCC1CCC(CCC)CC1.CCc1sc(C)c(Cl)c1Cl.Cc1nc(N(C)C)c2ccccc2n1. The third-order valence-electron chi connectivity index (χ3n) is 6.82. The van der Waals surface area contributed by atoms with E-state index in [1.54, 1.807) is 11.3 Å². The van der Waals surface area contributed by atoms with Gasteiger partial charge in [0.15, 0.2) is 0 Å². The zero-order valence-corrected chi connectivity index (χ0v) is 25.7. The van der Waals surface area contributed by atoms with Gasteiger partial charge in [-0.3, -0.25) is 0 Å². The van der Waals surface area contributed by atoms with Gasteiger partial charge in [-0.25, -0.2) is 9.97 Å². The molecule has 0 radical (unpaired) electrons. The number of thiophene rings is 1. The number of hydrogen-bond acceptors (Lipinski definition) is 4. The van der Waals surface area contributed by atoms with Crippen LogP contribution in [0.1, 0.15) is 87.7 Å². The van der Waals surface area contributed by atoms with Gasteiger partial charge in [0.1, 0.15) is 11.6 Å². The van der Waals surface area contributed by atoms with Crippen molar-refractivity contribution in [1.29, 1.82) is 0 Å². The Hall–Kier alpha value is -1.36. The maximum Gasteiger partial charge on any atom is 0.139 e. The first-order valence-corrected chi connectivity index (χ1v) is 15.1. The molecule has 3 aromatic rings. The number of aromatic nitrogens is 2. The Morgan fingerprint density at radius 1 is 0.861 bits per heavy atom. The smallest absolute Gasteiger partial charge is 0.139 e. The van der Waals surface area contributed by atoms with Gasteiger partial charge in [-0.2, -0.15) is 0 Å². The predicted octanol–water partition coefficient (Wildman–Crippen LogP) is 10.3. The molecule has 0 aliphatic heterocycles. The number of aryl methyl sites for hydroxylation is 3. The zero-order chi connectivity index (χ0) is 26.7. The quantitative estimate of drug-likeness (QED) is 0.306. The lowest BCUT2D eigenvalue weighted by molar-refractivity contribution is 0.251. The zero-order valence-electron chi connectivity index (χ0n) is 23.3. The summed E-state index contributed by atoms with van der Waals surface area (Å²) in [6, 6.07) is 8.06. The molecule has 200 valence electrons. The molecular formula is C30H45Cl2N3S. The van der Waals surface area contributed by atoms with Gasteiger partial charge in [-0.1, -0.05) is 107 Å². The molecule has 0 bridgehead atoms. The average molecular weight is 551 g/mol. The summed E-state index contributed by atoms with van der Waals surface area (Å²) in [6.07, 6.45) is 12.8. The lowest BCUT2D eigenvalue weighted by atomic mass is 9.78. The van der Waals surface area contributed by atoms with Gasteiger partial charge in [0.2, 0.25) is 0 Å². The Bertz CT molecular complexity index is 1040. The maximum absolute atomic E-state index is 5.89. The van der Waals surface area contributed by atoms with Gasteiger partial charge in [-0.15, -0.1) is 11.3 Å². The van der Waals surface area contributed by atoms with Crippen molar-refractivity contribution in [2.45, 2.75) is 92.4 Å². The predicted molar refractivity (Wildman–Crippen MR) is 162 cm³/mol. The minimum Gasteiger partial charge on any atom is -0.362 e. The van der Waals surface area contributed by atoms with Crippen LogP contribution in [0.25, 0.3) is 10.9 Å². The molecule has 1 aliphatic carbocycles. The van der Waals surface area contributed by atoms with Gasteiger partial charge in [0.05, 0.1) is 15.6 Å². The molecule has 6 heteroatoms. The second-order valence-corrected chi connectivity index (χ2v) is 12.1. The van der Waals surface area contributed by atoms with Crippen molar-refractivity contribution in [3.63, 3.8) is 0 Å². The molecule has 4 rings (SSSR count). The Labute approximate surface area is 233 Å². The molecule has 0 atom stereocenters. The standard InChI is InChI=1S/C12H24.C11H13N3.C7H8Cl2S/c1-3-5-11-7-9-12(6-4-2)10-8-11;1-8-12-10-7-5-4-6-9(10)11(13-8)14(2)3;1-3-5-7(9)6(8)4(2)10-5/h11-12H,3-10H2,1-2H3;4-7H,1-3H3;3H2,1-2H3. The fraction of sp³-hybridized carbons (Fsp3) is 0.600. The average Bonchev–Trinajstić information content (AvgIpc) is 3.12. The Kier molecular flexibility index (Phi) is 13.5. The number of rotatable bonds is 6. The number of hydrogen-bond donors (Lipinski definition) is 0. The monoisotopic (exact) mass is 549 g/mol. The molecule has 2 heterocycles. The number of nitrogens with zero attached hydrogens (tertiary/aromatic N) is 3. The number of halogens is 2. The van der Waals surface area contributed by atoms with E-state index >= 15 is 0 Å². The van der Waals surface area contributed by atoms with E-state index < -0.39 is 0 Å². The molecule has 3 nitrogen and oxygen atoms in total. The van der Waals surface area contributed by atoms with Crippen LogP contribution in [0.4, 0.5) is 5.82 Å². The first-order chi connectivity index (χ1) is 17.2. The van der Waals surface area contributed by atoms with Crippen LogP contribution in [-0.4, -0.2) is 24.1 Å². The van der Waals surface area contributed by atoms with Crippen LogP contribution in [-0.2, 0) is 6.42 Å². The minimum atomic E-state index is 0.725. The third-order valence-corrected chi connectivity index (χ3v) is 9.28. The van der Waals surface area contributed by atoms with E-state index in [9.17, 15) is 0 Å². The number of para-hydroxylation sites is 1. The van der Waals surface area contributed by atoms with Crippen molar-refractivity contribution in [2.24, 2.45) is 11.8 Å². The van der Waals surface area contributed by atoms with Crippen LogP contribution in [0.5, 0.6) is 0 Å². The van der Waals surface area contributed by atoms with Gasteiger partial charge in [0.25, 0.3) is 0 Å². The summed E-state index contributed by atoms with van der Waals surface area (Å²) in [5.74, 6) is 3.96. The number of anilines is 1. The van der Waals surface area contributed by atoms with Crippen LogP contribution in [0, 0.1) is 25.7 Å². The van der Waals surface area contributed by atoms with Gasteiger partial charge < -0.3 is 4.90 Å². The summed E-state index contributed by atoms with van der Waals surface area (Å²) in [6.45, 7) is 10.6. The van der Waals surface area contributed by atoms with E-state index in [0.29, 0.717) is 0 Å². The molecule has 1 aliphatic rings. The second-order valence-electron chi connectivity index (χ2n) is 10.0. The van der Waals surface area contributed by atoms with Crippen molar-refractivity contribution in [3.05, 3.63) is 49.9 Å². The van der Waals surface area contributed by atoms with Crippen molar-refractivity contribution in [3.8, 4) is 0 Å². The highest BCUT2D eigenvalue weighted by Crippen LogP contribution is 2.36. The van der Waals surface area contributed by atoms with Crippen LogP contribution in [0.15, 0.2) is 24.3 Å². The summed E-state index contributed by atoms with van der Waals surface area (Å²) in [7, 11) is 3.99.